The van der Waals surface area contributed by atoms with E-state index in [2.05, 4.69) is 102 Å². The lowest BCUT2D eigenvalue weighted by molar-refractivity contribution is -0.463. The zero-order valence-electron chi connectivity index (χ0n) is 18.0. The Kier molecular flexibility index (Phi) is 6.17. The van der Waals surface area contributed by atoms with Gasteiger partial charge in [-0.25, -0.2) is 8.42 Å². The van der Waals surface area contributed by atoms with Crippen molar-refractivity contribution in [1.82, 2.24) is 0 Å². The first-order valence-corrected chi connectivity index (χ1v) is 11.2. The number of likely N-dealkylation sites (N-methyl/N-ethyl adjacent to an activating group) is 1. The van der Waals surface area contributed by atoms with Crippen molar-refractivity contribution in [2.24, 2.45) is 0 Å². The second kappa shape index (κ2) is 8.34. The SMILES string of the molecule is CC1Cc2ccccc2[N+]1=CC=C1N(C)c2ccccc2C1(C)C.COS(=O)(=O)[O-]. The van der Waals surface area contributed by atoms with E-state index in [0.29, 0.717) is 6.04 Å². The Morgan fingerprint density at radius 2 is 1.77 bits per heavy atom. The maximum absolute atomic E-state index is 9.22. The van der Waals surface area contributed by atoms with Gasteiger partial charge in [-0.2, -0.15) is 4.58 Å². The molecule has 1 atom stereocenters. The summed E-state index contributed by atoms with van der Waals surface area (Å²) in [4.78, 5) is 2.33. The highest BCUT2D eigenvalue weighted by molar-refractivity contribution is 7.80. The van der Waals surface area contributed by atoms with Gasteiger partial charge < -0.3 is 9.45 Å². The Labute approximate surface area is 179 Å². The molecule has 0 radical (unpaired) electrons. The normalized spacial score (nSPS) is 21.9. The molecule has 2 aliphatic rings. The Balaban J connectivity index is 0.000000377. The van der Waals surface area contributed by atoms with E-state index in [1.807, 2.05) is 0 Å². The molecule has 0 aliphatic carbocycles. The smallest absolute Gasteiger partial charge is 0.217 e. The number of nitrogens with zero attached hydrogens (tertiary/aromatic N) is 2. The van der Waals surface area contributed by atoms with E-state index < -0.39 is 10.4 Å². The van der Waals surface area contributed by atoms with Crippen LogP contribution in [0.2, 0.25) is 0 Å². The molecular formula is C23H28N2O4S. The van der Waals surface area contributed by atoms with Gasteiger partial charge in [0.15, 0.2) is 12.3 Å². The molecular weight excluding hydrogens is 400 g/mol. The van der Waals surface area contributed by atoms with Crippen LogP contribution in [-0.4, -0.2) is 44.0 Å². The van der Waals surface area contributed by atoms with Gasteiger partial charge in [0.2, 0.25) is 16.1 Å². The monoisotopic (exact) mass is 428 g/mol. The van der Waals surface area contributed by atoms with Crippen molar-refractivity contribution < 1.29 is 21.7 Å². The summed E-state index contributed by atoms with van der Waals surface area (Å²) >= 11 is 0. The van der Waals surface area contributed by atoms with Crippen molar-refractivity contribution in [1.29, 1.82) is 0 Å². The van der Waals surface area contributed by atoms with Gasteiger partial charge in [0.1, 0.15) is 0 Å². The van der Waals surface area contributed by atoms with E-state index in [9.17, 15) is 13.0 Å². The third kappa shape index (κ3) is 4.33. The summed E-state index contributed by atoms with van der Waals surface area (Å²) in [5.41, 5.74) is 6.89. The van der Waals surface area contributed by atoms with Crippen LogP contribution in [0.5, 0.6) is 0 Å². The predicted octanol–water partition coefficient (Wildman–Crippen LogP) is 3.75. The molecule has 0 saturated heterocycles. The van der Waals surface area contributed by atoms with Crippen LogP contribution in [0.15, 0.2) is 60.3 Å². The summed E-state index contributed by atoms with van der Waals surface area (Å²) in [6, 6.07) is 18.0. The number of benzene rings is 2. The third-order valence-corrected chi connectivity index (χ3v) is 6.21. The molecule has 0 aromatic heterocycles. The van der Waals surface area contributed by atoms with E-state index in [0.717, 1.165) is 13.5 Å². The lowest BCUT2D eigenvalue weighted by Gasteiger charge is -2.23. The van der Waals surface area contributed by atoms with Crippen LogP contribution < -0.4 is 4.90 Å². The standard InChI is InChI=1S/C22H25N2.CH4O4S/c1-16-15-17-9-5-7-11-19(17)24(16)14-13-21-22(2,3)18-10-6-8-12-20(18)23(21)4;1-5-6(2,3)4/h5-14,16H,15H2,1-4H3;1H3,(H,2,3,4)/q+1;/p-1. The fourth-order valence-corrected chi connectivity index (χ4v) is 4.27. The lowest BCUT2D eigenvalue weighted by Crippen LogP contribution is -2.24. The number of rotatable bonds is 2. The van der Waals surface area contributed by atoms with Gasteiger partial charge in [0.05, 0.1) is 7.11 Å². The topological polar surface area (TPSA) is 72.7 Å². The van der Waals surface area contributed by atoms with Crippen molar-refractivity contribution in [3.05, 3.63) is 71.4 Å². The zero-order chi connectivity index (χ0) is 22.1. The van der Waals surface area contributed by atoms with Gasteiger partial charge in [-0.05, 0) is 18.6 Å². The maximum atomic E-state index is 9.22. The first-order valence-electron chi connectivity index (χ1n) is 9.83. The first kappa shape index (κ1) is 22.2. The second-order valence-electron chi connectivity index (χ2n) is 8.07. The van der Waals surface area contributed by atoms with Gasteiger partial charge in [-0.15, -0.1) is 0 Å². The molecule has 0 fully saturated rings. The van der Waals surface area contributed by atoms with Gasteiger partial charge in [-0.3, -0.25) is 4.18 Å². The van der Waals surface area contributed by atoms with Crippen LogP contribution in [0.4, 0.5) is 11.4 Å². The molecule has 0 spiro atoms. The quantitative estimate of drug-likeness (QED) is 0.414. The van der Waals surface area contributed by atoms with Crippen molar-refractivity contribution >= 4 is 28.0 Å². The fraction of sp³-hybridized carbons (Fsp3) is 0.348. The van der Waals surface area contributed by atoms with Crippen molar-refractivity contribution in [2.45, 2.75) is 38.6 Å². The third-order valence-electron chi connectivity index (χ3n) is 5.80. The summed E-state index contributed by atoms with van der Waals surface area (Å²) < 4.78 is 33.4. The molecule has 2 aliphatic heterocycles. The molecule has 30 heavy (non-hydrogen) atoms. The number of hydrogen-bond donors (Lipinski definition) is 0. The molecule has 0 amide bonds. The van der Waals surface area contributed by atoms with E-state index in [4.69, 9.17) is 0 Å². The Bertz CT molecular complexity index is 1100. The Morgan fingerprint density at radius 1 is 1.17 bits per heavy atom. The van der Waals surface area contributed by atoms with E-state index in [1.54, 1.807) is 0 Å². The van der Waals surface area contributed by atoms with Crippen LogP contribution in [0.25, 0.3) is 0 Å². The average molecular weight is 429 g/mol. The molecule has 2 aromatic rings. The predicted molar refractivity (Wildman–Crippen MR) is 118 cm³/mol. The second-order valence-corrected chi connectivity index (χ2v) is 9.22. The van der Waals surface area contributed by atoms with Crippen LogP contribution in [0, 0.1) is 0 Å². The molecule has 2 aromatic carbocycles. The Hall–Kier alpha value is -2.48. The summed E-state index contributed by atoms with van der Waals surface area (Å²) in [7, 11) is -1.43. The molecule has 4 rings (SSSR count). The minimum Gasteiger partial charge on any atom is -0.726 e. The number of fused-ring (bicyclic) bond motifs is 2. The minimum atomic E-state index is -4.41. The zero-order valence-corrected chi connectivity index (χ0v) is 18.8. The minimum absolute atomic E-state index is 0.0321. The molecule has 160 valence electrons. The van der Waals surface area contributed by atoms with Gasteiger partial charge in [0, 0.05) is 48.0 Å². The molecule has 7 heteroatoms. The van der Waals surface area contributed by atoms with Gasteiger partial charge >= 0.3 is 0 Å². The average Bonchev–Trinajstić information content (AvgIpc) is 3.12. The largest absolute Gasteiger partial charge is 0.726 e. The number of allylic oxidation sites excluding steroid dienone is 2. The highest BCUT2D eigenvalue weighted by Crippen LogP contribution is 2.46. The molecule has 0 N–H and O–H groups in total. The summed E-state index contributed by atoms with van der Waals surface area (Å²) in [5, 5.41) is 0. The highest BCUT2D eigenvalue weighted by Gasteiger charge is 2.38. The van der Waals surface area contributed by atoms with Crippen LogP contribution in [0.3, 0.4) is 0 Å². The van der Waals surface area contributed by atoms with Gasteiger partial charge in [-0.1, -0.05) is 50.2 Å². The van der Waals surface area contributed by atoms with E-state index in [-0.39, 0.29) is 5.41 Å². The van der Waals surface area contributed by atoms with Crippen molar-refractivity contribution in [3.8, 4) is 0 Å². The molecule has 2 heterocycles. The maximum Gasteiger partial charge on any atom is 0.217 e. The van der Waals surface area contributed by atoms with Crippen LogP contribution >= 0.6 is 0 Å². The highest BCUT2D eigenvalue weighted by atomic mass is 32.3. The number of para-hydroxylation sites is 2. The lowest BCUT2D eigenvalue weighted by atomic mass is 9.84. The number of anilines is 1. The van der Waals surface area contributed by atoms with Gasteiger partial charge in [0.25, 0.3) is 0 Å². The Morgan fingerprint density at radius 3 is 2.40 bits per heavy atom. The van der Waals surface area contributed by atoms with Crippen LogP contribution in [-0.2, 0) is 26.4 Å². The fourth-order valence-electron chi connectivity index (χ4n) is 4.27. The van der Waals surface area contributed by atoms with E-state index >= 15 is 0 Å². The molecule has 1 unspecified atom stereocenters. The summed E-state index contributed by atoms with van der Waals surface area (Å²) in [6.45, 7) is 6.93. The molecule has 0 bridgehead atoms. The number of hydrogen-bond acceptors (Lipinski definition) is 5. The summed E-state index contributed by atoms with van der Waals surface area (Å²) in [6.07, 6.45) is 5.70. The van der Waals surface area contributed by atoms with Crippen molar-refractivity contribution in [3.63, 3.8) is 0 Å². The first-order chi connectivity index (χ1) is 14.1. The summed E-state index contributed by atoms with van der Waals surface area (Å²) in [5.74, 6) is 0. The van der Waals surface area contributed by atoms with E-state index in [1.165, 1.54) is 28.2 Å². The molecule has 0 saturated carbocycles. The van der Waals surface area contributed by atoms with Crippen LogP contribution in [0.1, 0.15) is 31.9 Å². The van der Waals surface area contributed by atoms with Crippen molar-refractivity contribution in [2.75, 3.05) is 19.1 Å². The molecule has 6 nitrogen and oxygen atoms in total.